The molecule has 0 spiro atoms. The Labute approximate surface area is 61.4 Å². The summed E-state index contributed by atoms with van der Waals surface area (Å²) in [4.78, 5) is 1.55. The van der Waals surface area contributed by atoms with Gasteiger partial charge in [-0.2, -0.15) is 0 Å². The lowest BCUT2D eigenvalue weighted by Gasteiger charge is -2.29. The van der Waals surface area contributed by atoms with Crippen molar-refractivity contribution in [3.63, 3.8) is 0 Å². The van der Waals surface area contributed by atoms with E-state index in [0.29, 0.717) is 13.1 Å². The third-order valence-corrected chi connectivity index (χ3v) is 1.36. The molecule has 0 aromatic rings. The molecular formula is C6H17NO3. The second-order valence-electron chi connectivity index (χ2n) is 2.14. The second-order valence-corrected chi connectivity index (χ2v) is 2.14. The number of nitrogens with zero attached hydrogens (tertiary/aromatic N) is 1. The summed E-state index contributed by atoms with van der Waals surface area (Å²) in [5.41, 5.74) is 0. The lowest BCUT2D eigenvalue weighted by atomic mass is 10.4. The summed E-state index contributed by atoms with van der Waals surface area (Å²) in [6.45, 7) is 6.43. The van der Waals surface area contributed by atoms with Gasteiger partial charge in [0.2, 0.25) is 5.91 Å². The molecule has 0 saturated heterocycles. The Hall–Kier alpha value is -0.160. The highest BCUT2D eigenvalue weighted by atomic mass is 16.5. The van der Waals surface area contributed by atoms with Crippen LogP contribution in [0.4, 0.5) is 0 Å². The van der Waals surface area contributed by atoms with E-state index >= 15 is 0 Å². The Bertz CT molecular complexity index is 75.6. The maximum absolute atomic E-state index is 8.96. The Morgan fingerprint density at radius 1 is 1.20 bits per heavy atom. The van der Waals surface area contributed by atoms with Gasteiger partial charge in [-0.05, 0) is 0 Å². The van der Waals surface area contributed by atoms with E-state index in [1.54, 1.807) is 4.90 Å². The molecule has 4 N–H and O–H groups in total. The van der Waals surface area contributed by atoms with Crippen LogP contribution in [0.1, 0.15) is 20.8 Å². The molecule has 0 aliphatic rings. The first-order valence-electron chi connectivity index (χ1n) is 3.22. The zero-order chi connectivity index (χ0) is 7.49. The molecule has 4 nitrogen and oxygen atoms in total. The van der Waals surface area contributed by atoms with Crippen molar-refractivity contribution in [2.24, 2.45) is 0 Å². The van der Waals surface area contributed by atoms with Gasteiger partial charge in [-0.25, -0.2) is 0 Å². The van der Waals surface area contributed by atoms with Crippen molar-refractivity contribution in [1.82, 2.24) is 4.90 Å². The number of aliphatic hydroxyl groups is 2. The maximum atomic E-state index is 8.96. The van der Waals surface area contributed by atoms with E-state index in [1.807, 2.05) is 13.8 Å². The standard InChI is InChI=1S/C6H15NO2.H2O/c1-4-7(5-2)6(3,8)9;/h8-9H,4-5H2,1-3H3;1H2. The van der Waals surface area contributed by atoms with E-state index in [1.165, 1.54) is 6.92 Å². The average Bonchev–Trinajstić information content (AvgIpc) is 1.65. The fourth-order valence-corrected chi connectivity index (χ4v) is 0.823. The molecule has 0 atom stereocenters. The maximum Gasteiger partial charge on any atom is 0.221 e. The molecule has 0 heterocycles. The number of hydrogen-bond donors (Lipinski definition) is 2. The molecular weight excluding hydrogens is 134 g/mol. The zero-order valence-electron chi connectivity index (χ0n) is 6.76. The monoisotopic (exact) mass is 151 g/mol. The van der Waals surface area contributed by atoms with Gasteiger partial charge in [0.05, 0.1) is 0 Å². The predicted octanol–water partition coefficient (Wildman–Crippen LogP) is -0.838. The first kappa shape index (κ1) is 12.5. The topological polar surface area (TPSA) is 75.2 Å². The van der Waals surface area contributed by atoms with Crippen LogP contribution in [-0.4, -0.2) is 39.6 Å². The Balaban J connectivity index is 0. The average molecular weight is 151 g/mol. The number of hydrogen-bond acceptors (Lipinski definition) is 3. The van der Waals surface area contributed by atoms with Crippen molar-refractivity contribution in [2.75, 3.05) is 13.1 Å². The molecule has 0 aliphatic heterocycles. The van der Waals surface area contributed by atoms with E-state index in [4.69, 9.17) is 10.2 Å². The third kappa shape index (κ3) is 3.79. The Morgan fingerprint density at radius 3 is 1.50 bits per heavy atom. The molecule has 0 aromatic heterocycles. The minimum absolute atomic E-state index is 0. The van der Waals surface area contributed by atoms with Crippen molar-refractivity contribution in [3.05, 3.63) is 0 Å². The minimum atomic E-state index is -1.65. The molecule has 0 rings (SSSR count). The largest absolute Gasteiger partial charge is 0.412 e. The van der Waals surface area contributed by atoms with Crippen LogP contribution in [0.3, 0.4) is 0 Å². The summed E-state index contributed by atoms with van der Waals surface area (Å²) < 4.78 is 0. The second kappa shape index (κ2) is 4.62. The van der Waals surface area contributed by atoms with Crippen LogP contribution in [0, 0.1) is 0 Å². The van der Waals surface area contributed by atoms with E-state index in [2.05, 4.69) is 0 Å². The Morgan fingerprint density at radius 2 is 1.50 bits per heavy atom. The lowest BCUT2D eigenvalue weighted by Crippen LogP contribution is -2.45. The smallest absolute Gasteiger partial charge is 0.221 e. The normalized spacial score (nSPS) is 11.4. The van der Waals surface area contributed by atoms with E-state index in [9.17, 15) is 0 Å². The summed E-state index contributed by atoms with van der Waals surface area (Å²) in [6.07, 6.45) is 0. The molecule has 0 radical (unpaired) electrons. The van der Waals surface area contributed by atoms with E-state index in [-0.39, 0.29) is 5.48 Å². The SMILES string of the molecule is CCN(CC)C(C)(O)O.O. The molecule has 0 fully saturated rings. The summed E-state index contributed by atoms with van der Waals surface area (Å²) in [7, 11) is 0. The summed E-state index contributed by atoms with van der Waals surface area (Å²) >= 11 is 0. The molecule has 0 aliphatic carbocycles. The fraction of sp³-hybridized carbons (Fsp3) is 1.00. The highest BCUT2D eigenvalue weighted by molar-refractivity contribution is 4.57. The molecule has 0 unspecified atom stereocenters. The third-order valence-electron chi connectivity index (χ3n) is 1.36. The van der Waals surface area contributed by atoms with Gasteiger partial charge in [-0.3, -0.25) is 4.90 Å². The van der Waals surface area contributed by atoms with Gasteiger partial charge < -0.3 is 15.7 Å². The van der Waals surface area contributed by atoms with Gasteiger partial charge in [-0.1, -0.05) is 13.8 Å². The van der Waals surface area contributed by atoms with E-state index in [0.717, 1.165) is 0 Å². The molecule has 10 heavy (non-hydrogen) atoms. The molecule has 64 valence electrons. The van der Waals surface area contributed by atoms with Crippen molar-refractivity contribution in [1.29, 1.82) is 0 Å². The highest BCUT2D eigenvalue weighted by Crippen LogP contribution is 2.04. The first-order chi connectivity index (χ1) is 4.02. The van der Waals surface area contributed by atoms with Crippen LogP contribution in [-0.2, 0) is 0 Å². The molecule has 4 heteroatoms. The van der Waals surface area contributed by atoms with Crippen LogP contribution in [0.2, 0.25) is 0 Å². The van der Waals surface area contributed by atoms with Crippen molar-refractivity contribution >= 4 is 0 Å². The van der Waals surface area contributed by atoms with Crippen LogP contribution < -0.4 is 0 Å². The molecule has 0 amide bonds. The summed E-state index contributed by atoms with van der Waals surface area (Å²) in [6, 6.07) is 0. The summed E-state index contributed by atoms with van der Waals surface area (Å²) in [5, 5.41) is 17.9. The van der Waals surface area contributed by atoms with Crippen LogP contribution in [0.5, 0.6) is 0 Å². The van der Waals surface area contributed by atoms with Crippen LogP contribution in [0.25, 0.3) is 0 Å². The van der Waals surface area contributed by atoms with Gasteiger partial charge in [0.1, 0.15) is 0 Å². The van der Waals surface area contributed by atoms with Crippen molar-refractivity contribution < 1.29 is 15.7 Å². The number of rotatable bonds is 3. The minimum Gasteiger partial charge on any atom is -0.412 e. The molecule has 0 saturated carbocycles. The van der Waals surface area contributed by atoms with Gasteiger partial charge in [0, 0.05) is 20.0 Å². The fourth-order valence-electron chi connectivity index (χ4n) is 0.823. The molecule has 0 aromatic carbocycles. The van der Waals surface area contributed by atoms with E-state index < -0.39 is 5.91 Å². The van der Waals surface area contributed by atoms with Gasteiger partial charge in [0.15, 0.2) is 0 Å². The van der Waals surface area contributed by atoms with Crippen molar-refractivity contribution in [3.8, 4) is 0 Å². The molecule has 0 bridgehead atoms. The summed E-state index contributed by atoms with van der Waals surface area (Å²) in [5.74, 6) is -1.65. The van der Waals surface area contributed by atoms with Crippen molar-refractivity contribution in [2.45, 2.75) is 26.7 Å². The highest BCUT2D eigenvalue weighted by Gasteiger charge is 2.21. The Kier molecular flexibility index (Phi) is 5.78. The van der Waals surface area contributed by atoms with Gasteiger partial charge in [-0.15, -0.1) is 0 Å². The first-order valence-corrected chi connectivity index (χ1v) is 3.22. The lowest BCUT2D eigenvalue weighted by molar-refractivity contribution is -0.247. The zero-order valence-corrected chi connectivity index (χ0v) is 6.76. The predicted molar refractivity (Wildman–Crippen MR) is 39.4 cm³/mol. The quantitative estimate of drug-likeness (QED) is 0.516. The van der Waals surface area contributed by atoms with Crippen LogP contribution >= 0.6 is 0 Å². The van der Waals surface area contributed by atoms with Gasteiger partial charge >= 0.3 is 0 Å². The van der Waals surface area contributed by atoms with Crippen LogP contribution in [0.15, 0.2) is 0 Å². The van der Waals surface area contributed by atoms with Gasteiger partial charge in [0.25, 0.3) is 0 Å².